The molecule has 0 aliphatic carbocycles. The first-order chi connectivity index (χ1) is 14.2. The molecule has 0 spiro atoms. The van der Waals surface area contributed by atoms with Gasteiger partial charge in [0.25, 0.3) is 5.69 Å². The van der Waals surface area contributed by atoms with E-state index in [1.807, 2.05) is 54.6 Å². The summed E-state index contributed by atoms with van der Waals surface area (Å²) in [5.41, 5.74) is 4.38. The predicted molar refractivity (Wildman–Crippen MR) is 113 cm³/mol. The van der Waals surface area contributed by atoms with Gasteiger partial charge in [-0.05, 0) is 35.4 Å². The molecule has 4 aromatic rings. The van der Waals surface area contributed by atoms with E-state index >= 15 is 0 Å². The SMILES string of the molecule is O=[N+]([O-])c1ccc(/C=N/N=C(\Cc2nc3ccccc3[nH]2)c2ccccc2)cc1. The van der Waals surface area contributed by atoms with Crippen LogP contribution < -0.4 is 0 Å². The minimum absolute atomic E-state index is 0.0421. The third kappa shape index (κ3) is 4.41. The van der Waals surface area contributed by atoms with Crippen LogP contribution >= 0.6 is 0 Å². The maximum Gasteiger partial charge on any atom is 0.269 e. The van der Waals surface area contributed by atoms with Crippen LogP contribution in [0.3, 0.4) is 0 Å². The van der Waals surface area contributed by atoms with Crippen molar-refractivity contribution in [3.63, 3.8) is 0 Å². The predicted octanol–water partition coefficient (Wildman–Crippen LogP) is 4.54. The van der Waals surface area contributed by atoms with Gasteiger partial charge >= 0.3 is 0 Å². The Hall–Kier alpha value is -4.13. The zero-order chi connectivity index (χ0) is 20.1. The van der Waals surface area contributed by atoms with Crippen LogP contribution in [0.2, 0.25) is 0 Å². The molecule has 29 heavy (non-hydrogen) atoms. The summed E-state index contributed by atoms with van der Waals surface area (Å²) in [7, 11) is 0. The zero-order valence-corrected chi connectivity index (χ0v) is 15.4. The summed E-state index contributed by atoms with van der Waals surface area (Å²) in [6.45, 7) is 0. The van der Waals surface area contributed by atoms with Crippen LogP contribution in [0.5, 0.6) is 0 Å². The molecule has 4 rings (SSSR count). The maximum atomic E-state index is 10.8. The number of non-ortho nitro benzene ring substituents is 1. The van der Waals surface area contributed by atoms with Gasteiger partial charge < -0.3 is 4.98 Å². The van der Waals surface area contributed by atoms with E-state index in [1.165, 1.54) is 12.1 Å². The summed E-state index contributed by atoms with van der Waals surface area (Å²) in [5.74, 6) is 0.805. The molecule has 0 fully saturated rings. The van der Waals surface area contributed by atoms with Crippen molar-refractivity contribution < 1.29 is 4.92 Å². The van der Waals surface area contributed by atoms with E-state index in [4.69, 9.17) is 0 Å². The minimum Gasteiger partial charge on any atom is -0.342 e. The smallest absolute Gasteiger partial charge is 0.269 e. The number of aromatic amines is 1. The van der Waals surface area contributed by atoms with E-state index in [2.05, 4.69) is 20.2 Å². The Morgan fingerprint density at radius 2 is 1.72 bits per heavy atom. The summed E-state index contributed by atoms with van der Waals surface area (Å²) >= 11 is 0. The van der Waals surface area contributed by atoms with Crippen LogP contribution in [0.1, 0.15) is 17.0 Å². The van der Waals surface area contributed by atoms with Crippen molar-refractivity contribution in [3.05, 3.63) is 106 Å². The average Bonchev–Trinajstić information content (AvgIpc) is 3.16. The Labute approximate surface area is 166 Å². The molecule has 0 atom stereocenters. The highest BCUT2D eigenvalue weighted by atomic mass is 16.6. The highest BCUT2D eigenvalue weighted by Gasteiger charge is 2.09. The average molecular weight is 383 g/mol. The number of nitrogens with one attached hydrogen (secondary N) is 1. The van der Waals surface area contributed by atoms with Crippen molar-refractivity contribution in [2.24, 2.45) is 10.2 Å². The molecule has 0 aliphatic rings. The second-order valence-electron chi connectivity index (χ2n) is 6.38. The molecule has 7 heteroatoms. The Kier molecular flexibility index (Phi) is 5.20. The molecule has 0 bridgehead atoms. The number of hydrogen-bond acceptors (Lipinski definition) is 5. The summed E-state index contributed by atoms with van der Waals surface area (Å²) in [6.07, 6.45) is 2.07. The number of aromatic nitrogens is 2. The van der Waals surface area contributed by atoms with Gasteiger partial charge in [-0.2, -0.15) is 10.2 Å². The highest BCUT2D eigenvalue weighted by Crippen LogP contribution is 2.14. The van der Waals surface area contributed by atoms with E-state index in [-0.39, 0.29) is 5.69 Å². The van der Waals surface area contributed by atoms with Gasteiger partial charge in [0.1, 0.15) is 5.82 Å². The normalized spacial score (nSPS) is 11.9. The molecular weight excluding hydrogens is 366 g/mol. The number of para-hydroxylation sites is 2. The van der Waals surface area contributed by atoms with E-state index in [9.17, 15) is 10.1 Å². The van der Waals surface area contributed by atoms with Gasteiger partial charge in [0.15, 0.2) is 0 Å². The molecule has 0 aliphatic heterocycles. The topological polar surface area (TPSA) is 96.5 Å². The molecular formula is C22H17N5O2. The van der Waals surface area contributed by atoms with Crippen LogP contribution in [0, 0.1) is 10.1 Å². The Bertz CT molecular complexity index is 1160. The van der Waals surface area contributed by atoms with Crippen molar-refractivity contribution >= 4 is 28.6 Å². The lowest BCUT2D eigenvalue weighted by Crippen LogP contribution is -2.06. The number of imidazole rings is 1. The molecule has 0 unspecified atom stereocenters. The van der Waals surface area contributed by atoms with Crippen molar-refractivity contribution in [1.82, 2.24) is 9.97 Å². The third-order valence-corrected chi connectivity index (χ3v) is 4.37. The first kappa shape index (κ1) is 18.2. The summed E-state index contributed by atoms with van der Waals surface area (Å²) in [6, 6.07) is 23.8. The third-order valence-electron chi connectivity index (χ3n) is 4.37. The van der Waals surface area contributed by atoms with Gasteiger partial charge in [-0.15, -0.1) is 0 Å². The molecule has 3 aromatic carbocycles. The Morgan fingerprint density at radius 3 is 2.45 bits per heavy atom. The van der Waals surface area contributed by atoms with Gasteiger partial charge in [0.2, 0.25) is 0 Å². The van der Waals surface area contributed by atoms with Gasteiger partial charge in [-0.25, -0.2) is 4.98 Å². The monoisotopic (exact) mass is 383 g/mol. The molecule has 0 saturated carbocycles. The number of benzene rings is 3. The largest absolute Gasteiger partial charge is 0.342 e. The van der Waals surface area contributed by atoms with Crippen LogP contribution in [-0.4, -0.2) is 26.8 Å². The molecule has 1 aromatic heterocycles. The minimum atomic E-state index is -0.431. The van der Waals surface area contributed by atoms with Crippen molar-refractivity contribution in [3.8, 4) is 0 Å². The van der Waals surface area contributed by atoms with E-state index in [0.29, 0.717) is 6.42 Å². The second kappa shape index (κ2) is 8.26. The number of hydrogen-bond donors (Lipinski definition) is 1. The zero-order valence-electron chi connectivity index (χ0n) is 15.4. The summed E-state index contributed by atoms with van der Waals surface area (Å²) in [5, 5.41) is 19.4. The number of fused-ring (bicyclic) bond motifs is 1. The fourth-order valence-electron chi connectivity index (χ4n) is 2.92. The first-order valence-corrected chi connectivity index (χ1v) is 9.02. The van der Waals surface area contributed by atoms with Crippen LogP contribution in [0.4, 0.5) is 5.69 Å². The summed E-state index contributed by atoms with van der Waals surface area (Å²) in [4.78, 5) is 18.3. The van der Waals surface area contributed by atoms with Gasteiger partial charge in [-0.1, -0.05) is 42.5 Å². The van der Waals surface area contributed by atoms with Gasteiger partial charge in [0, 0.05) is 12.1 Å². The molecule has 0 amide bonds. The van der Waals surface area contributed by atoms with E-state index < -0.39 is 4.92 Å². The maximum absolute atomic E-state index is 10.8. The number of rotatable bonds is 6. The quantitative estimate of drug-likeness (QED) is 0.301. The highest BCUT2D eigenvalue weighted by molar-refractivity contribution is 6.02. The van der Waals surface area contributed by atoms with Crippen molar-refractivity contribution in [2.45, 2.75) is 6.42 Å². The van der Waals surface area contributed by atoms with E-state index in [1.54, 1.807) is 18.3 Å². The van der Waals surface area contributed by atoms with Crippen molar-refractivity contribution in [1.29, 1.82) is 0 Å². The number of nitrogens with zero attached hydrogens (tertiary/aromatic N) is 4. The lowest BCUT2D eigenvalue weighted by atomic mass is 10.1. The van der Waals surface area contributed by atoms with Crippen molar-refractivity contribution in [2.75, 3.05) is 0 Å². The molecule has 0 saturated heterocycles. The van der Waals surface area contributed by atoms with Crippen LogP contribution in [-0.2, 0) is 6.42 Å². The van der Waals surface area contributed by atoms with Crippen LogP contribution in [0.25, 0.3) is 11.0 Å². The second-order valence-corrected chi connectivity index (χ2v) is 6.38. The molecule has 1 heterocycles. The molecule has 1 N–H and O–H groups in total. The lowest BCUT2D eigenvalue weighted by molar-refractivity contribution is -0.384. The standard InChI is InChI=1S/C22H17N5O2/c28-27(29)18-12-10-16(11-13-18)15-23-26-21(17-6-2-1-3-7-17)14-22-24-19-8-4-5-9-20(19)25-22/h1-13,15H,14H2,(H,24,25)/b23-15+,26-21+. The van der Waals surface area contributed by atoms with Gasteiger partial charge in [0.05, 0.1) is 34.3 Å². The summed E-state index contributed by atoms with van der Waals surface area (Å²) < 4.78 is 0. The number of H-pyrrole nitrogens is 1. The first-order valence-electron chi connectivity index (χ1n) is 9.02. The number of nitro groups is 1. The Balaban J connectivity index is 1.60. The number of nitro benzene ring substituents is 1. The fraction of sp³-hybridized carbons (Fsp3) is 0.0455. The Morgan fingerprint density at radius 1 is 1.00 bits per heavy atom. The van der Waals surface area contributed by atoms with Gasteiger partial charge in [-0.3, -0.25) is 10.1 Å². The lowest BCUT2D eigenvalue weighted by Gasteiger charge is -2.03. The molecule has 0 radical (unpaired) electrons. The molecule has 142 valence electrons. The van der Waals surface area contributed by atoms with Crippen LogP contribution in [0.15, 0.2) is 89.1 Å². The van der Waals surface area contributed by atoms with E-state index in [0.717, 1.165) is 33.7 Å². The molecule has 7 nitrogen and oxygen atoms in total. The fourth-order valence-corrected chi connectivity index (χ4v) is 2.92.